The smallest absolute Gasteiger partial charge is 0.131 e. The molecule has 5 heteroatoms. The first-order chi connectivity index (χ1) is 10.9. The molecule has 0 fully saturated rings. The Bertz CT molecular complexity index is 711. The molecule has 23 heavy (non-hydrogen) atoms. The highest BCUT2D eigenvalue weighted by Gasteiger charge is 2.08. The van der Waals surface area contributed by atoms with Crippen LogP contribution in [0.1, 0.15) is 18.1 Å². The summed E-state index contributed by atoms with van der Waals surface area (Å²) in [5.74, 6) is 0.608. The minimum atomic E-state index is -0.425. The zero-order valence-corrected chi connectivity index (χ0v) is 14.5. The lowest BCUT2D eigenvalue weighted by molar-refractivity contribution is 0.473. The molecule has 0 aliphatic rings. The number of ether oxygens (including phenoxy) is 1. The number of benzene rings is 2. The van der Waals surface area contributed by atoms with Gasteiger partial charge in [-0.2, -0.15) is 0 Å². The van der Waals surface area contributed by atoms with Crippen molar-refractivity contribution in [2.24, 2.45) is 4.99 Å². The molecule has 0 aliphatic heterocycles. The average Bonchev–Trinajstić information content (AvgIpc) is 2.47. The third-order valence-electron chi connectivity index (χ3n) is 3.45. The van der Waals surface area contributed by atoms with Gasteiger partial charge in [0.15, 0.2) is 0 Å². The first-order valence-electron chi connectivity index (χ1n) is 7.38. The summed E-state index contributed by atoms with van der Waals surface area (Å²) >= 11 is 5.85. The number of rotatable bonds is 5. The molecule has 0 amide bonds. The summed E-state index contributed by atoms with van der Waals surface area (Å²) in [4.78, 5) is 6.47. The van der Waals surface area contributed by atoms with Crippen molar-refractivity contribution in [1.82, 2.24) is 4.90 Å². The van der Waals surface area contributed by atoms with Crippen LogP contribution in [0.2, 0.25) is 5.02 Å². The first kappa shape index (κ1) is 17.3. The molecular formula is C18H20ClFN2O. The van der Waals surface area contributed by atoms with E-state index in [1.54, 1.807) is 12.4 Å². The quantitative estimate of drug-likeness (QED) is 0.532. The van der Waals surface area contributed by atoms with E-state index in [1.807, 2.05) is 37.9 Å². The van der Waals surface area contributed by atoms with Gasteiger partial charge in [0.2, 0.25) is 0 Å². The van der Waals surface area contributed by atoms with Gasteiger partial charge in [0.1, 0.15) is 17.3 Å². The third kappa shape index (κ3) is 4.70. The summed E-state index contributed by atoms with van der Waals surface area (Å²) in [5, 5.41) is 0.304. The van der Waals surface area contributed by atoms with Gasteiger partial charge in [0.05, 0.1) is 12.0 Å². The Balaban J connectivity index is 2.27. The molecule has 0 saturated heterocycles. The lowest BCUT2D eigenvalue weighted by Crippen LogP contribution is -2.14. The summed E-state index contributed by atoms with van der Waals surface area (Å²) in [6, 6.07) is 7.98. The second-order valence-corrected chi connectivity index (χ2v) is 5.87. The Morgan fingerprint density at radius 3 is 2.57 bits per heavy atom. The molecule has 0 saturated carbocycles. The van der Waals surface area contributed by atoms with E-state index in [0.29, 0.717) is 16.5 Å². The van der Waals surface area contributed by atoms with Crippen LogP contribution in [-0.4, -0.2) is 24.8 Å². The lowest BCUT2D eigenvalue weighted by atomic mass is 10.1. The van der Waals surface area contributed by atoms with Gasteiger partial charge in [-0.05, 0) is 56.2 Å². The third-order valence-corrected chi connectivity index (χ3v) is 3.67. The summed E-state index contributed by atoms with van der Waals surface area (Å²) in [6.07, 6.45) is 1.80. The van der Waals surface area contributed by atoms with Gasteiger partial charge < -0.3 is 9.64 Å². The molecule has 0 unspecified atom stereocenters. The molecule has 0 bridgehead atoms. The number of nitrogens with zero attached hydrogens (tertiary/aromatic N) is 2. The van der Waals surface area contributed by atoms with Crippen molar-refractivity contribution in [3.63, 3.8) is 0 Å². The number of hydrogen-bond acceptors (Lipinski definition) is 2. The van der Waals surface area contributed by atoms with Crippen molar-refractivity contribution in [2.45, 2.75) is 20.8 Å². The maximum Gasteiger partial charge on any atom is 0.131 e. The second kappa shape index (κ2) is 7.47. The van der Waals surface area contributed by atoms with Gasteiger partial charge in [0, 0.05) is 24.7 Å². The molecule has 0 atom stereocenters. The molecular weight excluding hydrogens is 315 g/mol. The molecule has 0 aromatic heterocycles. The summed E-state index contributed by atoms with van der Waals surface area (Å²) in [5.41, 5.74) is 2.78. The average molecular weight is 335 g/mol. The van der Waals surface area contributed by atoms with Crippen LogP contribution < -0.4 is 4.74 Å². The van der Waals surface area contributed by atoms with Crippen molar-refractivity contribution in [3.05, 3.63) is 52.3 Å². The van der Waals surface area contributed by atoms with Crippen LogP contribution >= 0.6 is 11.6 Å². The Morgan fingerprint density at radius 2 is 1.91 bits per heavy atom. The number of aryl methyl sites for hydroxylation is 2. The van der Waals surface area contributed by atoms with E-state index in [-0.39, 0.29) is 0 Å². The van der Waals surface area contributed by atoms with Crippen molar-refractivity contribution in [3.8, 4) is 11.5 Å². The minimum absolute atomic E-state index is 0.304. The van der Waals surface area contributed by atoms with E-state index in [9.17, 15) is 4.39 Å². The van der Waals surface area contributed by atoms with Crippen LogP contribution in [0.15, 0.2) is 35.3 Å². The highest BCUT2D eigenvalue weighted by atomic mass is 35.5. The maximum absolute atomic E-state index is 13.4. The molecule has 0 spiro atoms. The Kier molecular flexibility index (Phi) is 5.61. The second-order valence-electron chi connectivity index (χ2n) is 5.43. The zero-order valence-electron chi connectivity index (χ0n) is 13.7. The summed E-state index contributed by atoms with van der Waals surface area (Å²) in [7, 11) is 1.97. The highest BCUT2D eigenvalue weighted by molar-refractivity contribution is 6.30. The largest absolute Gasteiger partial charge is 0.457 e. The van der Waals surface area contributed by atoms with E-state index in [0.717, 1.165) is 23.4 Å². The van der Waals surface area contributed by atoms with E-state index < -0.39 is 5.82 Å². The fourth-order valence-electron chi connectivity index (χ4n) is 1.98. The minimum Gasteiger partial charge on any atom is -0.457 e. The fourth-order valence-corrected chi connectivity index (χ4v) is 2.19. The molecule has 3 nitrogen and oxygen atoms in total. The van der Waals surface area contributed by atoms with Crippen molar-refractivity contribution >= 4 is 23.6 Å². The summed E-state index contributed by atoms with van der Waals surface area (Å²) < 4.78 is 19.2. The molecule has 122 valence electrons. The molecule has 2 aromatic rings. The van der Waals surface area contributed by atoms with E-state index in [4.69, 9.17) is 16.3 Å². The van der Waals surface area contributed by atoms with Crippen LogP contribution in [0.3, 0.4) is 0 Å². The van der Waals surface area contributed by atoms with Gasteiger partial charge in [0.25, 0.3) is 0 Å². The molecule has 0 heterocycles. The lowest BCUT2D eigenvalue weighted by Gasteiger charge is -2.13. The molecule has 0 radical (unpaired) electrons. The van der Waals surface area contributed by atoms with Crippen LogP contribution in [0.25, 0.3) is 0 Å². The van der Waals surface area contributed by atoms with Crippen molar-refractivity contribution < 1.29 is 9.13 Å². The maximum atomic E-state index is 13.4. The molecule has 0 aliphatic carbocycles. The van der Waals surface area contributed by atoms with Gasteiger partial charge in [-0.3, -0.25) is 0 Å². The van der Waals surface area contributed by atoms with Crippen LogP contribution in [0, 0.1) is 19.7 Å². The van der Waals surface area contributed by atoms with Crippen LogP contribution in [0.4, 0.5) is 10.1 Å². The fraction of sp³-hybridized carbons (Fsp3) is 0.278. The van der Waals surface area contributed by atoms with E-state index >= 15 is 0 Å². The van der Waals surface area contributed by atoms with Gasteiger partial charge >= 0.3 is 0 Å². The first-order valence-corrected chi connectivity index (χ1v) is 7.76. The zero-order chi connectivity index (χ0) is 17.0. The van der Waals surface area contributed by atoms with E-state index in [1.165, 1.54) is 12.1 Å². The topological polar surface area (TPSA) is 24.8 Å². The van der Waals surface area contributed by atoms with Gasteiger partial charge in [-0.25, -0.2) is 9.38 Å². The molecule has 0 N–H and O–H groups in total. The van der Waals surface area contributed by atoms with Crippen molar-refractivity contribution in [2.75, 3.05) is 13.6 Å². The van der Waals surface area contributed by atoms with E-state index in [2.05, 4.69) is 11.9 Å². The highest BCUT2D eigenvalue weighted by Crippen LogP contribution is 2.32. The monoisotopic (exact) mass is 334 g/mol. The molecule has 2 aromatic carbocycles. The Morgan fingerprint density at radius 1 is 1.17 bits per heavy atom. The van der Waals surface area contributed by atoms with Gasteiger partial charge in [-0.1, -0.05) is 11.6 Å². The predicted octanol–water partition coefficient (Wildman–Crippen LogP) is 5.50. The normalized spacial score (nSPS) is 11.0. The number of halogens is 2. The molecule has 2 rings (SSSR count). The van der Waals surface area contributed by atoms with Crippen LogP contribution in [-0.2, 0) is 0 Å². The predicted molar refractivity (Wildman–Crippen MR) is 93.9 cm³/mol. The Labute approximate surface area is 141 Å². The number of hydrogen-bond donors (Lipinski definition) is 0. The summed E-state index contributed by atoms with van der Waals surface area (Å²) in [6.45, 7) is 6.84. The Hall–Kier alpha value is -2.07. The van der Waals surface area contributed by atoms with Crippen LogP contribution in [0.5, 0.6) is 11.5 Å². The van der Waals surface area contributed by atoms with Gasteiger partial charge in [-0.15, -0.1) is 0 Å². The standard InChI is InChI=1S/C18H20ClFN2O/c1-5-22(4)11-21-17-6-13(3)18(7-12(17)2)23-16-9-14(19)8-15(20)10-16/h6-11H,5H2,1-4H3/b21-11+. The number of aliphatic imine (C=N–C) groups is 1. The van der Waals surface area contributed by atoms with Crippen molar-refractivity contribution in [1.29, 1.82) is 0 Å². The SMILES string of the molecule is CCN(C)/C=N/c1cc(C)c(Oc2cc(F)cc(Cl)c2)cc1C.